The topological polar surface area (TPSA) is 34.9 Å². The smallest absolute Gasteiger partial charge is 0.228 e. The number of hydrogen-bond donors (Lipinski definition) is 0. The number of terminal acetylenes is 1. The SMILES string of the molecule is C#Cc1cnc(C(=O)c2ccccc2)n1C. The Bertz CT molecular complexity index is 561. The molecule has 3 nitrogen and oxygen atoms in total. The predicted octanol–water partition coefficient (Wildman–Crippen LogP) is 1.63. The third-order valence-electron chi connectivity index (χ3n) is 2.38. The molecule has 0 aliphatic carbocycles. The predicted molar refractivity (Wildman–Crippen MR) is 61.0 cm³/mol. The van der Waals surface area contributed by atoms with Crippen LogP contribution in [0.1, 0.15) is 21.9 Å². The van der Waals surface area contributed by atoms with E-state index in [-0.39, 0.29) is 5.78 Å². The van der Waals surface area contributed by atoms with E-state index in [1.54, 1.807) is 23.7 Å². The highest BCUT2D eigenvalue weighted by Crippen LogP contribution is 2.09. The van der Waals surface area contributed by atoms with E-state index in [4.69, 9.17) is 6.42 Å². The Morgan fingerprint density at radius 2 is 2.06 bits per heavy atom. The fourth-order valence-electron chi connectivity index (χ4n) is 1.47. The summed E-state index contributed by atoms with van der Waals surface area (Å²) in [6.07, 6.45) is 6.80. The van der Waals surface area contributed by atoms with Gasteiger partial charge in [0.2, 0.25) is 5.78 Å². The molecular weight excluding hydrogens is 200 g/mol. The minimum atomic E-state index is -0.121. The van der Waals surface area contributed by atoms with Crippen LogP contribution in [0.3, 0.4) is 0 Å². The normalized spacial score (nSPS) is 9.75. The quantitative estimate of drug-likeness (QED) is 0.558. The van der Waals surface area contributed by atoms with Crippen LogP contribution in [0.15, 0.2) is 36.5 Å². The van der Waals surface area contributed by atoms with E-state index in [2.05, 4.69) is 10.9 Å². The molecule has 78 valence electrons. The Morgan fingerprint density at radius 3 is 2.62 bits per heavy atom. The Morgan fingerprint density at radius 1 is 1.38 bits per heavy atom. The van der Waals surface area contributed by atoms with Crippen LogP contribution < -0.4 is 0 Å². The zero-order valence-corrected chi connectivity index (χ0v) is 8.84. The van der Waals surface area contributed by atoms with Gasteiger partial charge in [-0.3, -0.25) is 4.79 Å². The second-order valence-corrected chi connectivity index (χ2v) is 3.37. The molecule has 0 atom stereocenters. The van der Waals surface area contributed by atoms with Crippen LogP contribution in [0.5, 0.6) is 0 Å². The largest absolute Gasteiger partial charge is 0.318 e. The fourth-order valence-corrected chi connectivity index (χ4v) is 1.47. The van der Waals surface area contributed by atoms with Gasteiger partial charge >= 0.3 is 0 Å². The number of carbonyl (C=O) groups is 1. The molecule has 16 heavy (non-hydrogen) atoms. The number of hydrogen-bond acceptors (Lipinski definition) is 2. The average Bonchev–Trinajstić information content (AvgIpc) is 2.70. The Balaban J connectivity index is 2.43. The third kappa shape index (κ3) is 1.61. The van der Waals surface area contributed by atoms with E-state index in [9.17, 15) is 4.79 Å². The highest BCUT2D eigenvalue weighted by molar-refractivity contribution is 6.06. The van der Waals surface area contributed by atoms with Crippen molar-refractivity contribution in [2.24, 2.45) is 7.05 Å². The van der Waals surface area contributed by atoms with E-state index in [1.807, 2.05) is 18.2 Å². The van der Waals surface area contributed by atoms with Crippen molar-refractivity contribution in [2.45, 2.75) is 0 Å². The van der Waals surface area contributed by atoms with Crippen LogP contribution in [0.4, 0.5) is 0 Å². The summed E-state index contributed by atoms with van der Waals surface area (Å²) >= 11 is 0. The van der Waals surface area contributed by atoms with Crippen LogP contribution >= 0.6 is 0 Å². The third-order valence-corrected chi connectivity index (χ3v) is 2.38. The molecule has 0 unspecified atom stereocenters. The molecule has 2 rings (SSSR count). The second-order valence-electron chi connectivity index (χ2n) is 3.37. The van der Waals surface area contributed by atoms with Crippen molar-refractivity contribution in [3.63, 3.8) is 0 Å². The molecule has 0 aliphatic heterocycles. The van der Waals surface area contributed by atoms with Crippen molar-refractivity contribution >= 4 is 5.78 Å². The first-order valence-electron chi connectivity index (χ1n) is 4.82. The summed E-state index contributed by atoms with van der Waals surface area (Å²) in [5.41, 5.74) is 1.21. The van der Waals surface area contributed by atoms with Gasteiger partial charge in [-0.2, -0.15) is 0 Å². The molecule has 0 saturated heterocycles. The first kappa shape index (κ1) is 10.2. The van der Waals surface area contributed by atoms with Crippen LogP contribution in [0, 0.1) is 12.3 Å². The molecule has 0 aliphatic rings. The van der Waals surface area contributed by atoms with E-state index < -0.39 is 0 Å². The number of ketones is 1. The van der Waals surface area contributed by atoms with Crippen LogP contribution in [0.2, 0.25) is 0 Å². The van der Waals surface area contributed by atoms with Crippen molar-refractivity contribution in [3.05, 3.63) is 53.6 Å². The summed E-state index contributed by atoms with van der Waals surface area (Å²) < 4.78 is 1.62. The maximum absolute atomic E-state index is 12.0. The summed E-state index contributed by atoms with van der Waals surface area (Å²) in [4.78, 5) is 16.1. The minimum absolute atomic E-state index is 0.121. The number of benzene rings is 1. The molecule has 3 heteroatoms. The van der Waals surface area contributed by atoms with Gasteiger partial charge in [0.15, 0.2) is 5.82 Å². The summed E-state index contributed by atoms with van der Waals surface area (Å²) in [6.45, 7) is 0. The lowest BCUT2D eigenvalue weighted by molar-refractivity contribution is 0.102. The molecule has 1 aromatic carbocycles. The molecule has 2 aromatic rings. The summed E-state index contributed by atoms with van der Waals surface area (Å²) in [5.74, 6) is 2.71. The summed E-state index contributed by atoms with van der Waals surface area (Å²) in [7, 11) is 1.73. The van der Waals surface area contributed by atoms with Gasteiger partial charge in [-0.05, 0) is 0 Å². The number of imidazole rings is 1. The molecule has 0 amide bonds. The van der Waals surface area contributed by atoms with Gasteiger partial charge < -0.3 is 4.57 Å². The van der Waals surface area contributed by atoms with Gasteiger partial charge in [0.1, 0.15) is 5.69 Å². The van der Waals surface area contributed by atoms with Crippen molar-refractivity contribution < 1.29 is 4.79 Å². The molecule has 0 fully saturated rings. The lowest BCUT2D eigenvalue weighted by atomic mass is 10.1. The summed E-state index contributed by atoms with van der Waals surface area (Å²) in [5, 5.41) is 0. The highest BCUT2D eigenvalue weighted by Gasteiger charge is 2.15. The molecule has 0 spiro atoms. The molecule has 1 aromatic heterocycles. The lowest BCUT2D eigenvalue weighted by Gasteiger charge is -2.01. The molecule has 1 heterocycles. The summed E-state index contributed by atoms with van der Waals surface area (Å²) in [6, 6.07) is 9.01. The van der Waals surface area contributed by atoms with Crippen LogP contribution in [-0.4, -0.2) is 15.3 Å². The van der Waals surface area contributed by atoms with Crippen molar-refractivity contribution in [1.29, 1.82) is 0 Å². The van der Waals surface area contributed by atoms with E-state index >= 15 is 0 Å². The Hall–Kier alpha value is -2.34. The van der Waals surface area contributed by atoms with Crippen LogP contribution in [-0.2, 0) is 7.05 Å². The van der Waals surface area contributed by atoms with Gasteiger partial charge in [0, 0.05) is 12.6 Å². The lowest BCUT2D eigenvalue weighted by Crippen LogP contribution is -2.09. The number of carbonyl (C=O) groups excluding carboxylic acids is 1. The molecule has 0 saturated carbocycles. The minimum Gasteiger partial charge on any atom is -0.318 e. The Kier molecular flexibility index (Phi) is 2.57. The second kappa shape index (κ2) is 4.03. The maximum atomic E-state index is 12.0. The fraction of sp³-hybridized carbons (Fsp3) is 0.0769. The Labute approximate surface area is 93.7 Å². The molecule has 0 N–H and O–H groups in total. The standard InChI is InChI=1S/C13H10N2O/c1-3-11-9-14-13(15(11)2)12(16)10-7-5-4-6-8-10/h1,4-9H,2H3. The monoisotopic (exact) mass is 210 g/mol. The number of nitrogens with zero attached hydrogens (tertiary/aromatic N) is 2. The zero-order chi connectivity index (χ0) is 11.5. The van der Waals surface area contributed by atoms with E-state index in [1.165, 1.54) is 6.20 Å². The van der Waals surface area contributed by atoms with Crippen molar-refractivity contribution in [1.82, 2.24) is 9.55 Å². The maximum Gasteiger partial charge on any atom is 0.228 e. The van der Waals surface area contributed by atoms with Gasteiger partial charge in [-0.15, -0.1) is 6.42 Å². The molecule has 0 radical (unpaired) electrons. The highest BCUT2D eigenvalue weighted by atomic mass is 16.1. The van der Waals surface area contributed by atoms with E-state index in [0.29, 0.717) is 17.1 Å². The van der Waals surface area contributed by atoms with Gasteiger partial charge in [0.25, 0.3) is 0 Å². The van der Waals surface area contributed by atoms with Crippen molar-refractivity contribution in [3.8, 4) is 12.3 Å². The first-order chi connectivity index (χ1) is 7.74. The molecular formula is C13H10N2O. The van der Waals surface area contributed by atoms with Crippen molar-refractivity contribution in [2.75, 3.05) is 0 Å². The molecule has 0 bridgehead atoms. The first-order valence-corrected chi connectivity index (χ1v) is 4.82. The van der Waals surface area contributed by atoms with E-state index in [0.717, 1.165) is 0 Å². The number of rotatable bonds is 2. The van der Waals surface area contributed by atoms with Gasteiger partial charge in [-0.25, -0.2) is 4.98 Å². The number of aromatic nitrogens is 2. The zero-order valence-electron chi connectivity index (χ0n) is 8.84. The van der Waals surface area contributed by atoms with Crippen LogP contribution in [0.25, 0.3) is 0 Å². The van der Waals surface area contributed by atoms with Gasteiger partial charge in [0.05, 0.1) is 6.20 Å². The average molecular weight is 210 g/mol. The van der Waals surface area contributed by atoms with Gasteiger partial charge in [-0.1, -0.05) is 36.3 Å².